The molecule has 0 aliphatic carbocycles. The number of furan rings is 1. The highest BCUT2D eigenvalue weighted by Gasteiger charge is 2.17. The van der Waals surface area contributed by atoms with E-state index in [4.69, 9.17) is 9.40 Å². The molecule has 3 nitrogen and oxygen atoms in total. The van der Waals surface area contributed by atoms with Crippen molar-refractivity contribution in [2.45, 2.75) is 6.92 Å². The molecular weight excluding hydrogens is 548 g/mol. The van der Waals surface area contributed by atoms with E-state index in [0.29, 0.717) is 0 Å². The van der Waals surface area contributed by atoms with Crippen LogP contribution in [0.25, 0.3) is 83.1 Å². The Balaban J connectivity index is 1.27. The fraction of sp³-hybridized carbons (Fsp3) is 0.0238. The van der Waals surface area contributed by atoms with E-state index in [1.165, 1.54) is 33.0 Å². The average molecular weight is 577 g/mol. The van der Waals surface area contributed by atoms with E-state index in [1.54, 1.807) is 0 Å². The van der Waals surface area contributed by atoms with Gasteiger partial charge in [0, 0.05) is 27.1 Å². The molecule has 0 radical (unpaired) electrons. The standard InChI is InChI=1S/C42H28N2O/c1-27-10-9-13-31(22-27)37-25-32(28-11-3-2-4-12-28)26-42(43-37)44-38-16-7-5-14-33(38)35-23-29(18-20-39(35)44)30-19-21-41-36(24-30)34-15-6-8-17-40(34)45-41/h2-26H,1H3. The Morgan fingerprint density at radius 1 is 0.444 bits per heavy atom. The average Bonchev–Trinajstić information content (AvgIpc) is 3.63. The lowest BCUT2D eigenvalue weighted by Gasteiger charge is -2.13. The minimum Gasteiger partial charge on any atom is -0.456 e. The van der Waals surface area contributed by atoms with Crippen LogP contribution in [0.2, 0.25) is 0 Å². The van der Waals surface area contributed by atoms with E-state index in [1.807, 2.05) is 12.1 Å². The topological polar surface area (TPSA) is 31.0 Å². The Morgan fingerprint density at radius 2 is 1.13 bits per heavy atom. The van der Waals surface area contributed by atoms with Gasteiger partial charge in [0.05, 0.1) is 16.7 Å². The maximum absolute atomic E-state index is 6.10. The van der Waals surface area contributed by atoms with E-state index < -0.39 is 0 Å². The lowest BCUT2D eigenvalue weighted by atomic mass is 10.0. The zero-order valence-corrected chi connectivity index (χ0v) is 24.7. The molecule has 0 amide bonds. The normalized spacial score (nSPS) is 11.7. The Bertz CT molecular complexity index is 2550. The largest absolute Gasteiger partial charge is 0.456 e. The Kier molecular flexibility index (Phi) is 5.72. The van der Waals surface area contributed by atoms with Crippen molar-refractivity contribution in [2.24, 2.45) is 0 Å². The highest BCUT2D eigenvalue weighted by atomic mass is 16.3. The third-order valence-electron chi connectivity index (χ3n) is 8.84. The summed E-state index contributed by atoms with van der Waals surface area (Å²) in [7, 11) is 0. The van der Waals surface area contributed by atoms with Crippen molar-refractivity contribution in [3.8, 4) is 39.3 Å². The number of aromatic nitrogens is 2. The summed E-state index contributed by atoms with van der Waals surface area (Å²) in [6, 6.07) is 53.7. The van der Waals surface area contributed by atoms with Crippen molar-refractivity contribution >= 4 is 43.7 Å². The van der Waals surface area contributed by atoms with Crippen LogP contribution >= 0.6 is 0 Å². The number of hydrogen-bond acceptors (Lipinski definition) is 2. The fourth-order valence-electron chi connectivity index (χ4n) is 6.69. The first kappa shape index (κ1) is 25.6. The number of para-hydroxylation sites is 2. The molecule has 3 aromatic heterocycles. The van der Waals surface area contributed by atoms with Crippen molar-refractivity contribution in [3.63, 3.8) is 0 Å². The van der Waals surface area contributed by atoms with E-state index in [-0.39, 0.29) is 0 Å². The summed E-state index contributed by atoms with van der Waals surface area (Å²) >= 11 is 0. The van der Waals surface area contributed by atoms with Crippen LogP contribution in [0.1, 0.15) is 5.56 Å². The molecule has 0 spiro atoms. The van der Waals surface area contributed by atoms with Crippen LogP contribution in [0.15, 0.2) is 156 Å². The summed E-state index contributed by atoms with van der Waals surface area (Å²) in [5.74, 6) is 0.901. The van der Waals surface area contributed by atoms with Crippen LogP contribution in [0.3, 0.4) is 0 Å². The molecule has 6 aromatic carbocycles. The molecule has 0 aliphatic heterocycles. The van der Waals surface area contributed by atoms with Crippen molar-refractivity contribution in [2.75, 3.05) is 0 Å². The molecule has 45 heavy (non-hydrogen) atoms. The van der Waals surface area contributed by atoms with Gasteiger partial charge in [-0.15, -0.1) is 0 Å². The second kappa shape index (κ2) is 10.1. The lowest BCUT2D eigenvalue weighted by molar-refractivity contribution is 0.669. The molecule has 9 rings (SSSR count). The third-order valence-corrected chi connectivity index (χ3v) is 8.84. The van der Waals surface area contributed by atoms with Gasteiger partial charge in [0.1, 0.15) is 17.0 Å². The van der Waals surface area contributed by atoms with E-state index in [0.717, 1.165) is 55.6 Å². The SMILES string of the molecule is Cc1cccc(-c2cc(-c3ccccc3)cc(-n3c4ccccc4c4cc(-c5ccc6oc7ccccc7c6c5)ccc43)n2)c1. The molecule has 212 valence electrons. The van der Waals surface area contributed by atoms with Crippen LogP contribution < -0.4 is 0 Å². The molecular formula is C42H28N2O. The van der Waals surface area contributed by atoms with Gasteiger partial charge >= 0.3 is 0 Å². The molecule has 3 heteroatoms. The highest BCUT2D eigenvalue weighted by molar-refractivity contribution is 6.11. The maximum atomic E-state index is 6.10. The van der Waals surface area contributed by atoms with Crippen LogP contribution in [0, 0.1) is 6.92 Å². The van der Waals surface area contributed by atoms with Crippen molar-refractivity contribution in [3.05, 3.63) is 157 Å². The number of pyridine rings is 1. The Morgan fingerprint density at radius 3 is 2.00 bits per heavy atom. The minimum absolute atomic E-state index is 0.901. The number of nitrogens with zero attached hydrogens (tertiary/aromatic N) is 2. The second-order valence-corrected chi connectivity index (χ2v) is 11.7. The first-order chi connectivity index (χ1) is 22.2. The summed E-state index contributed by atoms with van der Waals surface area (Å²) in [6.45, 7) is 2.13. The maximum Gasteiger partial charge on any atom is 0.138 e. The number of fused-ring (bicyclic) bond motifs is 6. The Hall–Kier alpha value is -5.93. The molecule has 0 saturated heterocycles. The summed E-state index contributed by atoms with van der Waals surface area (Å²) in [5, 5.41) is 4.68. The summed E-state index contributed by atoms with van der Waals surface area (Å²) in [6.07, 6.45) is 0. The number of hydrogen-bond donors (Lipinski definition) is 0. The smallest absolute Gasteiger partial charge is 0.138 e. The van der Waals surface area contributed by atoms with Gasteiger partial charge in [0.25, 0.3) is 0 Å². The highest BCUT2D eigenvalue weighted by Crippen LogP contribution is 2.38. The molecule has 0 saturated carbocycles. The molecule has 9 aromatic rings. The number of rotatable bonds is 4. The van der Waals surface area contributed by atoms with Gasteiger partial charge in [-0.1, -0.05) is 103 Å². The van der Waals surface area contributed by atoms with Gasteiger partial charge < -0.3 is 4.42 Å². The molecule has 0 atom stereocenters. The van der Waals surface area contributed by atoms with Crippen molar-refractivity contribution in [1.29, 1.82) is 0 Å². The van der Waals surface area contributed by atoms with Gasteiger partial charge in [-0.25, -0.2) is 4.98 Å². The number of aryl methyl sites for hydroxylation is 1. The number of benzene rings is 6. The van der Waals surface area contributed by atoms with Crippen LogP contribution in [0.4, 0.5) is 0 Å². The van der Waals surface area contributed by atoms with Crippen molar-refractivity contribution < 1.29 is 4.42 Å². The second-order valence-electron chi connectivity index (χ2n) is 11.7. The minimum atomic E-state index is 0.901. The van der Waals surface area contributed by atoms with Gasteiger partial charge in [0.15, 0.2) is 0 Å². The first-order valence-electron chi connectivity index (χ1n) is 15.3. The van der Waals surface area contributed by atoms with Gasteiger partial charge in [0.2, 0.25) is 0 Å². The van der Waals surface area contributed by atoms with Crippen LogP contribution in [-0.2, 0) is 0 Å². The van der Waals surface area contributed by atoms with Crippen molar-refractivity contribution in [1.82, 2.24) is 9.55 Å². The fourth-order valence-corrected chi connectivity index (χ4v) is 6.69. The summed E-state index contributed by atoms with van der Waals surface area (Å²) in [4.78, 5) is 5.30. The Labute approximate surface area is 260 Å². The van der Waals surface area contributed by atoms with Gasteiger partial charge in [-0.2, -0.15) is 0 Å². The van der Waals surface area contributed by atoms with E-state index in [2.05, 4.69) is 151 Å². The molecule has 0 aliphatic rings. The lowest BCUT2D eigenvalue weighted by Crippen LogP contribution is -2.00. The summed E-state index contributed by atoms with van der Waals surface area (Å²) < 4.78 is 8.42. The molecule has 0 fully saturated rings. The molecule has 0 N–H and O–H groups in total. The predicted molar refractivity (Wildman–Crippen MR) is 187 cm³/mol. The predicted octanol–water partition coefficient (Wildman–Crippen LogP) is 11.4. The molecule has 3 heterocycles. The summed E-state index contributed by atoms with van der Waals surface area (Å²) in [5.41, 5.74) is 12.0. The molecule has 0 unspecified atom stereocenters. The third kappa shape index (κ3) is 4.24. The monoisotopic (exact) mass is 576 g/mol. The van der Waals surface area contributed by atoms with Crippen LogP contribution in [-0.4, -0.2) is 9.55 Å². The quantitative estimate of drug-likeness (QED) is 0.209. The van der Waals surface area contributed by atoms with Crippen LogP contribution in [0.5, 0.6) is 0 Å². The first-order valence-corrected chi connectivity index (χ1v) is 15.3. The zero-order chi connectivity index (χ0) is 29.9. The van der Waals surface area contributed by atoms with E-state index >= 15 is 0 Å². The van der Waals surface area contributed by atoms with E-state index in [9.17, 15) is 0 Å². The molecule has 0 bridgehead atoms. The van der Waals surface area contributed by atoms with Gasteiger partial charge in [-0.3, -0.25) is 4.57 Å². The van der Waals surface area contributed by atoms with Gasteiger partial charge in [-0.05, 0) is 83.8 Å². The zero-order valence-electron chi connectivity index (χ0n) is 24.7.